The summed E-state index contributed by atoms with van der Waals surface area (Å²) in [6, 6.07) is -3.01. The maximum absolute atomic E-state index is 13.5. The van der Waals surface area contributed by atoms with Gasteiger partial charge in [-0.15, -0.1) is 0 Å². The van der Waals surface area contributed by atoms with Crippen molar-refractivity contribution in [1.29, 1.82) is 0 Å². The standard InChI is InChI=1S/C32H60N6O6/c1-9-12-25(37-31(42)26(13-10-2)36-29(40)23-14-16-44-17-15-23)30(41)35-24(18-20(4)5)19-34-22(8)28(39)38-27(21(6)7)32(43)33-11-3/h20-27,34H,9-19H2,1-8H3,(H,33,43)(H,35,41)(H,36,40)(H,37,42)(H,38,39)/t22-,24-,25-,26-,27?/m0/s1. The average molecular weight is 625 g/mol. The van der Waals surface area contributed by atoms with E-state index in [9.17, 15) is 24.0 Å². The molecule has 12 nitrogen and oxygen atoms in total. The molecule has 0 bridgehead atoms. The van der Waals surface area contributed by atoms with Crippen molar-refractivity contribution in [2.75, 3.05) is 26.3 Å². The van der Waals surface area contributed by atoms with Crippen LogP contribution in [0.1, 0.15) is 100 Å². The van der Waals surface area contributed by atoms with Crippen molar-refractivity contribution >= 4 is 29.5 Å². The maximum atomic E-state index is 13.5. The fourth-order valence-electron chi connectivity index (χ4n) is 5.21. The largest absolute Gasteiger partial charge is 0.381 e. The molecule has 1 aliphatic heterocycles. The molecule has 1 aliphatic rings. The van der Waals surface area contributed by atoms with Gasteiger partial charge in [0.15, 0.2) is 0 Å². The van der Waals surface area contributed by atoms with Gasteiger partial charge in [0.25, 0.3) is 0 Å². The number of hydrogen-bond acceptors (Lipinski definition) is 7. The molecule has 0 radical (unpaired) electrons. The van der Waals surface area contributed by atoms with Crippen molar-refractivity contribution in [2.24, 2.45) is 17.8 Å². The monoisotopic (exact) mass is 624 g/mol. The van der Waals surface area contributed by atoms with Crippen molar-refractivity contribution in [3.8, 4) is 0 Å². The zero-order valence-electron chi connectivity index (χ0n) is 28.3. The molecule has 0 aliphatic carbocycles. The second kappa shape index (κ2) is 21.1. The molecule has 6 N–H and O–H groups in total. The fourth-order valence-corrected chi connectivity index (χ4v) is 5.21. The maximum Gasteiger partial charge on any atom is 0.243 e. The van der Waals surface area contributed by atoms with Crippen LogP contribution in [0.3, 0.4) is 0 Å². The number of nitrogens with one attached hydrogen (secondary N) is 6. The molecule has 5 atom stereocenters. The van der Waals surface area contributed by atoms with E-state index in [2.05, 4.69) is 45.7 Å². The highest BCUT2D eigenvalue weighted by Crippen LogP contribution is 2.15. The summed E-state index contributed by atoms with van der Waals surface area (Å²) in [6.45, 7) is 17.2. The van der Waals surface area contributed by atoms with E-state index in [1.807, 2.05) is 34.6 Å². The first kappa shape index (κ1) is 39.3. The zero-order valence-corrected chi connectivity index (χ0v) is 28.3. The predicted molar refractivity (Wildman–Crippen MR) is 172 cm³/mol. The molecular formula is C32H60N6O6. The highest BCUT2D eigenvalue weighted by Gasteiger charge is 2.30. The van der Waals surface area contributed by atoms with Crippen LogP contribution in [0, 0.1) is 17.8 Å². The lowest BCUT2D eigenvalue weighted by Crippen LogP contribution is -2.57. The number of rotatable bonds is 20. The van der Waals surface area contributed by atoms with Crippen molar-refractivity contribution in [2.45, 2.75) is 131 Å². The van der Waals surface area contributed by atoms with E-state index in [1.54, 1.807) is 6.92 Å². The molecule has 1 heterocycles. The van der Waals surface area contributed by atoms with Crippen LogP contribution in [0.4, 0.5) is 0 Å². The van der Waals surface area contributed by atoms with Crippen LogP contribution in [0.15, 0.2) is 0 Å². The van der Waals surface area contributed by atoms with Crippen molar-refractivity contribution in [1.82, 2.24) is 31.9 Å². The summed E-state index contributed by atoms with van der Waals surface area (Å²) in [7, 11) is 0. The van der Waals surface area contributed by atoms with Crippen LogP contribution in [-0.2, 0) is 28.7 Å². The Morgan fingerprint density at radius 3 is 1.82 bits per heavy atom. The van der Waals surface area contributed by atoms with Crippen molar-refractivity contribution in [3.05, 3.63) is 0 Å². The Hall–Kier alpha value is -2.73. The van der Waals surface area contributed by atoms with Gasteiger partial charge < -0.3 is 36.6 Å². The van der Waals surface area contributed by atoms with Crippen LogP contribution in [0.25, 0.3) is 0 Å². The van der Waals surface area contributed by atoms with Crippen molar-refractivity contribution in [3.63, 3.8) is 0 Å². The third kappa shape index (κ3) is 14.4. The van der Waals surface area contributed by atoms with Crippen LogP contribution in [0.2, 0.25) is 0 Å². The van der Waals surface area contributed by atoms with Gasteiger partial charge in [-0.2, -0.15) is 0 Å². The first-order valence-corrected chi connectivity index (χ1v) is 16.6. The molecule has 1 rings (SSSR count). The summed E-state index contributed by atoms with van der Waals surface area (Å²) in [5, 5.41) is 17.7. The first-order chi connectivity index (χ1) is 20.8. The summed E-state index contributed by atoms with van der Waals surface area (Å²) < 4.78 is 5.35. The molecule has 44 heavy (non-hydrogen) atoms. The molecular weight excluding hydrogens is 564 g/mol. The summed E-state index contributed by atoms with van der Waals surface area (Å²) in [5.74, 6) is -1.32. The van der Waals surface area contributed by atoms with Crippen LogP contribution >= 0.6 is 0 Å². The van der Waals surface area contributed by atoms with Gasteiger partial charge in [-0.3, -0.25) is 24.0 Å². The molecule has 0 spiro atoms. The minimum Gasteiger partial charge on any atom is -0.381 e. The number of amides is 5. The lowest BCUT2D eigenvalue weighted by Gasteiger charge is -2.28. The summed E-state index contributed by atoms with van der Waals surface area (Å²) in [4.78, 5) is 64.9. The number of ether oxygens (including phenoxy) is 1. The van der Waals surface area contributed by atoms with Gasteiger partial charge in [-0.1, -0.05) is 54.4 Å². The third-order valence-electron chi connectivity index (χ3n) is 7.78. The normalized spacial score (nSPS) is 17.2. The SMILES string of the molecule is CCC[C@H](NC(=O)C1CCOCC1)C(=O)N[C@@H](CCC)C(=O)N[C@H](CN[C@@H](C)C(=O)NC(C(=O)NCC)C(C)C)CC(C)C. The molecule has 1 saturated heterocycles. The van der Waals surface area contributed by atoms with Gasteiger partial charge in [0, 0.05) is 38.3 Å². The quantitative estimate of drug-likeness (QED) is 0.120. The van der Waals surface area contributed by atoms with Gasteiger partial charge in [0.1, 0.15) is 18.1 Å². The van der Waals surface area contributed by atoms with Gasteiger partial charge >= 0.3 is 0 Å². The first-order valence-electron chi connectivity index (χ1n) is 16.6. The topological polar surface area (TPSA) is 167 Å². The molecule has 0 aromatic rings. The fraction of sp³-hybridized carbons (Fsp3) is 0.844. The summed E-state index contributed by atoms with van der Waals surface area (Å²) in [6.07, 6.45) is 4.22. The van der Waals surface area contributed by atoms with E-state index in [1.165, 1.54) is 0 Å². The van der Waals surface area contributed by atoms with E-state index in [0.717, 1.165) is 0 Å². The number of likely N-dealkylation sites (N-methyl/N-ethyl adjacent to an activating group) is 1. The predicted octanol–water partition coefficient (Wildman–Crippen LogP) is 1.77. The molecule has 1 unspecified atom stereocenters. The van der Waals surface area contributed by atoms with Gasteiger partial charge in [-0.25, -0.2) is 0 Å². The van der Waals surface area contributed by atoms with E-state index >= 15 is 0 Å². The van der Waals surface area contributed by atoms with Crippen LogP contribution in [-0.4, -0.2) is 86.0 Å². The summed E-state index contributed by atoms with van der Waals surface area (Å²) in [5.41, 5.74) is 0. The van der Waals surface area contributed by atoms with Crippen LogP contribution < -0.4 is 31.9 Å². The highest BCUT2D eigenvalue weighted by molar-refractivity contribution is 5.92. The Morgan fingerprint density at radius 1 is 0.727 bits per heavy atom. The van der Waals surface area contributed by atoms with Gasteiger partial charge in [0.2, 0.25) is 29.5 Å². The Morgan fingerprint density at radius 2 is 1.30 bits per heavy atom. The Kier molecular flexibility index (Phi) is 18.8. The van der Waals surface area contributed by atoms with E-state index < -0.39 is 24.2 Å². The van der Waals surface area contributed by atoms with Crippen molar-refractivity contribution < 1.29 is 28.7 Å². The number of hydrogen-bond donors (Lipinski definition) is 6. The molecule has 0 aromatic heterocycles. The van der Waals surface area contributed by atoms with Crippen LogP contribution in [0.5, 0.6) is 0 Å². The number of carbonyl (C=O) groups is 5. The second-order valence-corrected chi connectivity index (χ2v) is 12.7. The smallest absolute Gasteiger partial charge is 0.243 e. The Labute approximate surface area is 264 Å². The average Bonchev–Trinajstić information content (AvgIpc) is 2.97. The minimum atomic E-state index is -0.758. The molecule has 12 heteroatoms. The molecule has 0 aromatic carbocycles. The molecule has 0 saturated carbocycles. The zero-order chi connectivity index (χ0) is 33.2. The lowest BCUT2D eigenvalue weighted by atomic mass is 9.98. The number of carbonyl (C=O) groups excluding carboxylic acids is 5. The van der Waals surface area contributed by atoms with E-state index in [0.29, 0.717) is 71.2 Å². The summed E-state index contributed by atoms with van der Waals surface area (Å²) >= 11 is 0. The van der Waals surface area contributed by atoms with Gasteiger partial charge in [-0.05, 0) is 57.8 Å². The third-order valence-corrected chi connectivity index (χ3v) is 7.78. The minimum absolute atomic E-state index is 0.0801. The van der Waals surface area contributed by atoms with E-state index in [-0.39, 0.29) is 53.3 Å². The Bertz CT molecular complexity index is 908. The highest BCUT2D eigenvalue weighted by atomic mass is 16.5. The molecule has 1 fully saturated rings. The van der Waals surface area contributed by atoms with Gasteiger partial charge in [0.05, 0.1) is 6.04 Å². The Balaban J connectivity index is 2.86. The lowest BCUT2D eigenvalue weighted by molar-refractivity contribution is -0.134. The van der Waals surface area contributed by atoms with E-state index in [4.69, 9.17) is 4.74 Å². The second-order valence-electron chi connectivity index (χ2n) is 12.7. The molecule has 5 amide bonds. The molecule has 254 valence electrons.